The number of amides is 2. The third kappa shape index (κ3) is 4.28. The van der Waals surface area contributed by atoms with Crippen molar-refractivity contribution in [3.8, 4) is 0 Å². The Kier molecular flexibility index (Phi) is 5.69. The predicted octanol–water partition coefficient (Wildman–Crippen LogP) is 3.15. The van der Waals surface area contributed by atoms with Crippen LogP contribution in [0.3, 0.4) is 0 Å². The van der Waals surface area contributed by atoms with Gasteiger partial charge in [0.2, 0.25) is 15.9 Å². The highest BCUT2D eigenvalue weighted by molar-refractivity contribution is 7.94. The Bertz CT molecular complexity index is 1090. The Hall–Kier alpha value is -2.45. The molecule has 0 unspecified atom stereocenters. The van der Waals surface area contributed by atoms with E-state index >= 15 is 0 Å². The van der Waals surface area contributed by atoms with Gasteiger partial charge < -0.3 is 5.32 Å². The maximum Gasteiger partial charge on any atom is 0.251 e. The molecular weight excluding hydrogens is 419 g/mol. The number of carbonyl (C=O) groups is 2. The summed E-state index contributed by atoms with van der Waals surface area (Å²) in [5.74, 6) is -1.77. The first-order valence-corrected chi connectivity index (χ1v) is 10.9. The minimum absolute atomic E-state index is 0.0440. The fourth-order valence-electron chi connectivity index (χ4n) is 3.17. The van der Waals surface area contributed by atoms with E-state index in [1.54, 1.807) is 32.0 Å². The van der Waals surface area contributed by atoms with Gasteiger partial charge in [-0.1, -0.05) is 29.8 Å². The molecule has 1 N–H and O–H groups in total. The monoisotopic (exact) mass is 438 g/mol. The highest BCUT2D eigenvalue weighted by atomic mass is 35.5. The smallest absolute Gasteiger partial charge is 0.251 e. The quantitative estimate of drug-likeness (QED) is 0.777. The molecule has 0 aliphatic carbocycles. The lowest BCUT2D eigenvalue weighted by Crippen LogP contribution is -2.33. The summed E-state index contributed by atoms with van der Waals surface area (Å²) in [5.41, 5.74) is -0.518. The fraction of sp³-hybridized carbons (Fsp3) is 0.300. The van der Waals surface area contributed by atoms with Crippen molar-refractivity contribution < 1.29 is 22.4 Å². The standard InChI is InChI=1S/C20H20ClFN2O4S/c1-20(2)12-29(27,28)24(19(20)26)17-11-14(7-8-15(17)21)18(25)23-10-9-13-5-3-4-6-16(13)22/h3-8,11H,9-10,12H2,1-2H3,(H,23,25). The van der Waals surface area contributed by atoms with Crippen molar-refractivity contribution in [2.24, 2.45) is 5.41 Å². The second-order valence-corrected chi connectivity index (χ2v) is 9.70. The third-order valence-electron chi connectivity index (χ3n) is 4.65. The zero-order valence-corrected chi connectivity index (χ0v) is 17.5. The number of carbonyl (C=O) groups excluding carboxylic acids is 2. The van der Waals surface area contributed by atoms with Gasteiger partial charge in [-0.3, -0.25) is 9.59 Å². The number of hydrogen-bond acceptors (Lipinski definition) is 4. The van der Waals surface area contributed by atoms with Crippen LogP contribution in [0, 0.1) is 11.2 Å². The SMILES string of the molecule is CC1(C)CS(=O)(=O)N(c2cc(C(=O)NCCc3ccccc3F)ccc2Cl)C1=O. The Morgan fingerprint density at radius 2 is 1.93 bits per heavy atom. The van der Waals surface area contributed by atoms with E-state index in [-0.39, 0.29) is 34.4 Å². The predicted molar refractivity (Wildman–Crippen MR) is 109 cm³/mol. The normalized spacial score (nSPS) is 17.4. The molecule has 1 heterocycles. The van der Waals surface area contributed by atoms with Gasteiger partial charge in [0.1, 0.15) is 5.82 Å². The van der Waals surface area contributed by atoms with E-state index in [9.17, 15) is 22.4 Å². The Morgan fingerprint density at radius 3 is 2.55 bits per heavy atom. The number of benzene rings is 2. The second-order valence-electron chi connectivity index (χ2n) is 7.47. The molecule has 0 bridgehead atoms. The van der Waals surface area contributed by atoms with Gasteiger partial charge in [0.05, 0.1) is 21.9 Å². The molecule has 29 heavy (non-hydrogen) atoms. The summed E-state index contributed by atoms with van der Waals surface area (Å²) in [4.78, 5) is 25.1. The molecule has 0 spiro atoms. The van der Waals surface area contributed by atoms with Crippen molar-refractivity contribution in [1.29, 1.82) is 0 Å². The van der Waals surface area contributed by atoms with Crippen molar-refractivity contribution in [3.63, 3.8) is 0 Å². The molecule has 9 heteroatoms. The maximum absolute atomic E-state index is 13.7. The molecule has 0 saturated carbocycles. The lowest BCUT2D eigenvalue weighted by Gasteiger charge is -2.19. The van der Waals surface area contributed by atoms with Gasteiger partial charge in [0.15, 0.2) is 0 Å². The zero-order valence-electron chi connectivity index (χ0n) is 15.9. The number of rotatable bonds is 5. The third-order valence-corrected chi connectivity index (χ3v) is 6.97. The summed E-state index contributed by atoms with van der Waals surface area (Å²) >= 11 is 6.14. The lowest BCUT2D eigenvalue weighted by molar-refractivity contribution is -0.123. The van der Waals surface area contributed by atoms with Gasteiger partial charge in [0, 0.05) is 12.1 Å². The number of nitrogens with one attached hydrogen (secondary N) is 1. The maximum atomic E-state index is 13.7. The van der Waals surface area contributed by atoms with Crippen LogP contribution in [0.4, 0.5) is 10.1 Å². The molecule has 1 aliphatic rings. The Labute approximate surface area is 173 Å². The molecule has 2 aromatic rings. The summed E-state index contributed by atoms with van der Waals surface area (Å²) in [6, 6.07) is 10.4. The van der Waals surface area contributed by atoms with Crippen LogP contribution in [0.5, 0.6) is 0 Å². The first kappa shape index (κ1) is 21.3. The Balaban J connectivity index is 1.79. The minimum Gasteiger partial charge on any atom is -0.352 e. The zero-order chi connectivity index (χ0) is 21.4. The highest BCUT2D eigenvalue weighted by Crippen LogP contribution is 2.39. The van der Waals surface area contributed by atoms with E-state index in [0.29, 0.717) is 16.3 Å². The largest absolute Gasteiger partial charge is 0.352 e. The minimum atomic E-state index is -3.89. The molecule has 1 saturated heterocycles. The van der Waals surface area contributed by atoms with Gasteiger partial charge in [-0.2, -0.15) is 0 Å². The van der Waals surface area contributed by atoms with Crippen LogP contribution < -0.4 is 9.62 Å². The Morgan fingerprint density at radius 1 is 1.24 bits per heavy atom. The van der Waals surface area contributed by atoms with Crippen molar-refractivity contribution in [1.82, 2.24) is 5.32 Å². The molecule has 0 aromatic heterocycles. The molecule has 2 aromatic carbocycles. The van der Waals surface area contributed by atoms with E-state index in [1.807, 2.05) is 0 Å². The topological polar surface area (TPSA) is 83.6 Å². The van der Waals surface area contributed by atoms with E-state index in [2.05, 4.69) is 5.32 Å². The van der Waals surface area contributed by atoms with Crippen LogP contribution in [0.2, 0.25) is 5.02 Å². The molecule has 3 rings (SSSR count). The molecule has 1 fully saturated rings. The number of halogens is 2. The van der Waals surface area contributed by atoms with Crippen LogP contribution >= 0.6 is 11.6 Å². The van der Waals surface area contributed by atoms with E-state index in [1.165, 1.54) is 24.3 Å². The molecule has 0 radical (unpaired) electrons. The summed E-state index contributed by atoms with van der Waals surface area (Å²) in [7, 11) is -3.89. The number of hydrogen-bond donors (Lipinski definition) is 1. The van der Waals surface area contributed by atoms with Crippen LogP contribution in [-0.2, 0) is 21.2 Å². The van der Waals surface area contributed by atoms with Crippen molar-refractivity contribution in [2.45, 2.75) is 20.3 Å². The van der Waals surface area contributed by atoms with Crippen molar-refractivity contribution in [2.75, 3.05) is 16.6 Å². The summed E-state index contributed by atoms with van der Waals surface area (Å²) in [6.07, 6.45) is 0.298. The molecule has 154 valence electrons. The van der Waals surface area contributed by atoms with E-state index in [4.69, 9.17) is 11.6 Å². The lowest BCUT2D eigenvalue weighted by atomic mass is 9.95. The van der Waals surface area contributed by atoms with Crippen LogP contribution in [0.15, 0.2) is 42.5 Å². The molecule has 0 atom stereocenters. The van der Waals surface area contributed by atoms with Crippen molar-refractivity contribution >= 4 is 39.1 Å². The van der Waals surface area contributed by atoms with Gasteiger partial charge in [-0.05, 0) is 50.1 Å². The molecular formula is C20H20ClFN2O4S. The number of anilines is 1. The van der Waals surface area contributed by atoms with E-state index in [0.717, 1.165) is 0 Å². The highest BCUT2D eigenvalue weighted by Gasteiger charge is 2.50. The first-order chi connectivity index (χ1) is 13.5. The number of nitrogens with zero attached hydrogens (tertiary/aromatic N) is 1. The van der Waals surface area contributed by atoms with Gasteiger partial charge in [-0.25, -0.2) is 17.1 Å². The molecule has 1 aliphatic heterocycles. The van der Waals surface area contributed by atoms with Crippen molar-refractivity contribution in [3.05, 3.63) is 64.4 Å². The summed E-state index contributed by atoms with van der Waals surface area (Å²) in [6.45, 7) is 3.27. The second kappa shape index (κ2) is 7.76. The van der Waals surface area contributed by atoms with Crippen LogP contribution in [0.25, 0.3) is 0 Å². The summed E-state index contributed by atoms with van der Waals surface area (Å²) < 4.78 is 39.3. The van der Waals surface area contributed by atoms with Crippen LogP contribution in [-0.4, -0.2) is 32.5 Å². The molecule has 2 amide bonds. The average molecular weight is 439 g/mol. The van der Waals surface area contributed by atoms with Gasteiger partial charge >= 0.3 is 0 Å². The van der Waals surface area contributed by atoms with Crippen LogP contribution in [0.1, 0.15) is 29.8 Å². The van der Waals surface area contributed by atoms with Gasteiger partial charge in [-0.15, -0.1) is 0 Å². The summed E-state index contributed by atoms with van der Waals surface area (Å²) in [5, 5.41) is 2.70. The number of sulfonamides is 1. The fourth-order valence-corrected chi connectivity index (χ4v) is 5.53. The van der Waals surface area contributed by atoms with E-state index < -0.39 is 27.3 Å². The van der Waals surface area contributed by atoms with Gasteiger partial charge in [0.25, 0.3) is 5.91 Å². The average Bonchev–Trinajstić information content (AvgIpc) is 2.80. The first-order valence-electron chi connectivity index (χ1n) is 8.91. The molecule has 6 nitrogen and oxygen atoms in total.